The highest BCUT2D eigenvalue weighted by atomic mass is 16.1. The van der Waals surface area contributed by atoms with Crippen molar-refractivity contribution < 1.29 is 4.79 Å². The number of nitrogens with zero attached hydrogens (tertiary/aromatic N) is 2. The van der Waals surface area contributed by atoms with Crippen LogP contribution < -0.4 is 11.1 Å². The van der Waals surface area contributed by atoms with Gasteiger partial charge in [-0.05, 0) is 26.8 Å². The van der Waals surface area contributed by atoms with Gasteiger partial charge < -0.3 is 11.1 Å². The van der Waals surface area contributed by atoms with Gasteiger partial charge in [0, 0.05) is 13.5 Å². The van der Waals surface area contributed by atoms with E-state index in [1.165, 1.54) is 0 Å². The zero-order valence-corrected chi connectivity index (χ0v) is 9.50. The molecule has 0 radical (unpaired) electrons. The van der Waals surface area contributed by atoms with Crippen LogP contribution in [0.3, 0.4) is 0 Å². The van der Waals surface area contributed by atoms with Gasteiger partial charge in [-0.15, -0.1) is 0 Å². The monoisotopic (exact) mass is 210 g/mol. The number of aryl methyl sites for hydroxylation is 2. The molecule has 1 amide bonds. The Kier molecular flexibility index (Phi) is 3.85. The Morgan fingerprint density at radius 3 is 2.67 bits per heavy atom. The van der Waals surface area contributed by atoms with E-state index in [4.69, 9.17) is 5.73 Å². The van der Waals surface area contributed by atoms with Crippen LogP contribution in [0.15, 0.2) is 0 Å². The number of nitrogens with one attached hydrogen (secondary N) is 1. The van der Waals surface area contributed by atoms with Crippen molar-refractivity contribution >= 4 is 11.6 Å². The maximum atomic E-state index is 11.5. The number of amides is 1. The molecule has 0 aliphatic heterocycles. The summed E-state index contributed by atoms with van der Waals surface area (Å²) in [7, 11) is 1.86. The molecule has 0 atom stereocenters. The summed E-state index contributed by atoms with van der Waals surface area (Å²) in [6.07, 6.45) is 1.18. The van der Waals surface area contributed by atoms with Crippen molar-refractivity contribution in [3.8, 4) is 0 Å². The van der Waals surface area contributed by atoms with Crippen molar-refractivity contribution in [1.82, 2.24) is 9.78 Å². The first-order valence-electron chi connectivity index (χ1n) is 5.06. The fraction of sp³-hybridized carbons (Fsp3) is 0.600. The SMILES string of the molecule is Cc1nn(C)c(C)c1NC(=O)CCCN. The van der Waals surface area contributed by atoms with Crippen LogP contribution in [0.2, 0.25) is 0 Å². The van der Waals surface area contributed by atoms with Gasteiger partial charge in [0.2, 0.25) is 5.91 Å². The number of rotatable bonds is 4. The minimum atomic E-state index is -0.000324. The molecule has 0 aliphatic carbocycles. The van der Waals surface area contributed by atoms with Gasteiger partial charge in [0.25, 0.3) is 0 Å². The molecule has 84 valence electrons. The van der Waals surface area contributed by atoms with Gasteiger partial charge in [-0.1, -0.05) is 0 Å². The molecule has 0 fully saturated rings. The normalized spacial score (nSPS) is 10.4. The summed E-state index contributed by atoms with van der Waals surface area (Å²) in [6, 6.07) is 0. The number of carbonyl (C=O) groups is 1. The molecule has 3 N–H and O–H groups in total. The number of hydrogen-bond donors (Lipinski definition) is 2. The zero-order valence-electron chi connectivity index (χ0n) is 9.50. The molecule has 5 heteroatoms. The summed E-state index contributed by atoms with van der Waals surface area (Å²) in [5.41, 5.74) is 7.97. The highest BCUT2D eigenvalue weighted by Gasteiger charge is 2.11. The van der Waals surface area contributed by atoms with Crippen LogP contribution in [0.5, 0.6) is 0 Å². The van der Waals surface area contributed by atoms with Crippen LogP contribution in [-0.2, 0) is 11.8 Å². The summed E-state index contributed by atoms with van der Waals surface area (Å²) in [6.45, 7) is 4.35. The van der Waals surface area contributed by atoms with E-state index in [1.54, 1.807) is 4.68 Å². The first-order valence-corrected chi connectivity index (χ1v) is 5.06. The van der Waals surface area contributed by atoms with E-state index in [2.05, 4.69) is 10.4 Å². The average Bonchev–Trinajstić information content (AvgIpc) is 2.42. The fourth-order valence-corrected chi connectivity index (χ4v) is 1.42. The highest BCUT2D eigenvalue weighted by molar-refractivity contribution is 5.91. The number of carbonyl (C=O) groups excluding carboxylic acids is 1. The maximum absolute atomic E-state index is 11.5. The quantitative estimate of drug-likeness (QED) is 0.769. The first kappa shape index (κ1) is 11.7. The third-order valence-electron chi connectivity index (χ3n) is 2.38. The van der Waals surface area contributed by atoms with Gasteiger partial charge in [0.05, 0.1) is 17.1 Å². The third-order valence-corrected chi connectivity index (χ3v) is 2.38. The standard InChI is InChI=1S/C10H18N4O/c1-7-10(8(2)14(3)13-7)12-9(15)5-4-6-11/h4-6,11H2,1-3H3,(H,12,15). The van der Waals surface area contributed by atoms with Crippen molar-refractivity contribution in [1.29, 1.82) is 0 Å². The Hall–Kier alpha value is -1.36. The number of nitrogens with two attached hydrogens (primary N) is 1. The second-order valence-electron chi connectivity index (χ2n) is 3.61. The van der Waals surface area contributed by atoms with E-state index in [-0.39, 0.29) is 5.91 Å². The molecule has 1 heterocycles. The molecule has 15 heavy (non-hydrogen) atoms. The van der Waals surface area contributed by atoms with E-state index in [9.17, 15) is 4.79 Å². The van der Waals surface area contributed by atoms with Gasteiger partial charge in [0.1, 0.15) is 0 Å². The van der Waals surface area contributed by atoms with Crippen LogP contribution in [-0.4, -0.2) is 22.2 Å². The van der Waals surface area contributed by atoms with E-state index in [0.717, 1.165) is 17.1 Å². The second kappa shape index (κ2) is 4.93. The first-order chi connectivity index (χ1) is 7.06. The summed E-state index contributed by atoms with van der Waals surface area (Å²) >= 11 is 0. The molecule has 1 aromatic rings. The van der Waals surface area contributed by atoms with Gasteiger partial charge in [0.15, 0.2) is 0 Å². The molecule has 0 bridgehead atoms. The summed E-state index contributed by atoms with van der Waals surface area (Å²) in [5, 5.41) is 7.08. The van der Waals surface area contributed by atoms with Crippen molar-refractivity contribution in [2.24, 2.45) is 12.8 Å². The molecular weight excluding hydrogens is 192 g/mol. The van der Waals surface area contributed by atoms with Crippen molar-refractivity contribution in [2.75, 3.05) is 11.9 Å². The van der Waals surface area contributed by atoms with E-state index < -0.39 is 0 Å². The smallest absolute Gasteiger partial charge is 0.224 e. The molecular formula is C10H18N4O. The van der Waals surface area contributed by atoms with Gasteiger partial charge in [-0.2, -0.15) is 5.10 Å². The van der Waals surface area contributed by atoms with E-state index in [0.29, 0.717) is 19.4 Å². The predicted octanol–water partition coefficient (Wildman–Crippen LogP) is 0.714. The molecule has 0 aromatic carbocycles. The van der Waals surface area contributed by atoms with E-state index >= 15 is 0 Å². The Morgan fingerprint density at radius 1 is 1.53 bits per heavy atom. The average molecular weight is 210 g/mol. The topological polar surface area (TPSA) is 72.9 Å². The van der Waals surface area contributed by atoms with Crippen LogP contribution >= 0.6 is 0 Å². The van der Waals surface area contributed by atoms with E-state index in [1.807, 2.05) is 20.9 Å². The molecule has 0 saturated carbocycles. The zero-order chi connectivity index (χ0) is 11.4. The fourth-order valence-electron chi connectivity index (χ4n) is 1.42. The minimum Gasteiger partial charge on any atom is -0.330 e. The molecule has 1 rings (SSSR count). The van der Waals surface area contributed by atoms with Gasteiger partial charge >= 0.3 is 0 Å². The van der Waals surface area contributed by atoms with Crippen LogP contribution in [0.4, 0.5) is 5.69 Å². The number of aromatic nitrogens is 2. The van der Waals surface area contributed by atoms with Crippen molar-refractivity contribution in [3.05, 3.63) is 11.4 Å². The Bertz CT molecular complexity index is 357. The Labute approximate surface area is 89.6 Å². The van der Waals surface area contributed by atoms with Gasteiger partial charge in [-0.3, -0.25) is 9.48 Å². The molecule has 0 spiro atoms. The Morgan fingerprint density at radius 2 is 2.20 bits per heavy atom. The lowest BCUT2D eigenvalue weighted by Crippen LogP contribution is -2.14. The van der Waals surface area contributed by atoms with Crippen molar-refractivity contribution in [2.45, 2.75) is 26.7 Å². The lowest BCUT2D eigenvalue weighted by molar-refractivity contribution is -0.116. The highest BCUT2D eigenvalue weighted by Crippen LogP contribution is 2.18. The summed E-state index contributed by atoms with van der Waals surface area (Å²) in [4.78, 5) is 11.5. The number of anilines is 1. The third kappa shape index (κ3) is 2.79. The van der Waals surface area contributed by atoms with Gasteiger partial charge in [-0.25, -0.2) is 0 Å². The molecule has 0 unspecified atom stereocenters. The summed E-state index contributed by atoms with van der Waals surface area (Å²) in [5.74, 6) is -0.000324. The predicted molar refractivity (Wildman–Crippen MR) is 59.6 cm³/mol. The van der Waals surface area contributed by atoms with Crippen LogP contribution in [0.25, 0.3) is 0 Å². The maximum Gasteiger partial charge on any atom is 0.224 e. The second-order valence-corrected chi connectivity index (χ2v) is 3.61. The Balaban J connectivity index is 2.68. The van der Waals surface area contributed by atoms with Crippen LogP contribution in [0.1, 0.15) is 24.2 Å². The molecule has 0 saturated heterocycles. The summed E-state index contributed by atoms with van der Waals surface area (Å²) < 4.78 is 1.76. The minimum absolute atomic E-state index is 0.000324. The molecule has 0 aliphatic rings. The lowest BCUT2D eigenvalue weighted by Gasteiger charge is -2.04. The lowest BCUT2D eigenvalue weighted by atomic mass is 10.2. The van der Waals surface area contributed by atoms with Crippen molar-refractivity contribution in [3.63, 3.8) is 0 Å². The molecule has 1 aromatic heterocycles. The number of hydrogen-bond acceptors (Lipinski definition) is 3. The largest absolute Gasteiger partial charge is 0.330 e. The molecule has 5 nitrogen and oxygen atoms in total. The van der Waals surface area contributed by atoms with Crippen LogP contribution in [0, 0.1) is 13.8 Å².